The van der Waals surface area contributed by atoms with Gasteiger partial charge in [0.2, 0.25) is 0 Å². The lowest BCUT2D eigenvalue weighted by Crippen LogP contribution is -2.07. The second-order valence-corrected chi connectivity index (χ2v) is 6.12. The van der Waals surface area contributed by atoms with Crippen molar-refractivity contribution in [2.45, 2.75) is 43.7 Å². The van der Waals surface area contributed by atoms with Crippen LogP contribution in [0.3, 0.4) is 0 Å². The molecule has 0 radical (unpaired) electrons. The van der Waals surface area contributed by atoms with Crippen molar-refractivity contribution in [1.29, 1.82) is 0 Å². The van der Waals surface area contributed by atoms with E-state index in [4.69, 9.17) is 10.5 Å². The molecule has 0 atom stereocenters. The van der Waals surface area contributed by atoms with E-state index in [0.29, 0.717) is 5.69 Å². The van der Waals surface area contributed by atoms with Crippen LogP contribution in [0.2, 0.25) is 0 Å². The van der Waals surface area contributed by atoms with Crippen molar-refractivity contribution < 1.29 is 4.74 Å². The van der Waals surface area contributed by atoms with Gasteiger partial charge >= 0.3 is 0 Å². The van der Waals surface area contributed by atoms with Gasteiger partial charge in [-0.1, -0.05) is 17.8 Å². The van der Waals surface area contributed by atoms with Crippen LogP contribution < -0.4 is 10.5 Å². The summed E-state index contributed by atoms with van der Waals surface area (Å²) >= 11 is 1.57. The number of benzene rings is 1. The zero-order chi connectivity index (χ0) is 14.7. The number of hydrogen-bond acceptors (Lipinski definition) is 4. The molecule has 2 aromatic rings. The molecule has 0 aliphatic rings. The van der Waals surface area contributed by atoms with Crippen LogP contribution in [0.1, 0.15) is 25.1 Å². The topological polar surface area (TPSA) is 48.1 Å². The Hall–Kier alpha value is -1.68. The number of nitrogen functional groups attached to an aromatic ring is 1. The number of nitrogens with two attached hydrogens (primary N) is 1. The summed E-state index contributed by atoms with van der Waals surface area (Å²) in [6.45, 7) is 8.05. The van der Waals surface area contributed by atoms with Gasteiger partial charge in [0, 0.05) is 10.6 Å². The SMILES string of the molecule is Cc1cc(C)nc(Sc2cccc(OC(C)C)c2N)c1. The molecule has 1 aromatic heterocycles. The number of hydrogen-bond donors (Lipinski definition) is 1. The summed E-state index contributed by atoms with van der Waals surface area (Å²) in [6, 6.07) is 9.97. The maximum absolute atomic E-state index is 6.18. The van der Waals surface area contributed by atoms with Gasteiger partial charge < -0.3 is 10.5 Å². The van der Waals surface area contributed by atoms with Gasteiger partial charge in [0.25, 0.3) is 0 Å². The average molecular weight is 288 g/mol. The number of rotatable bonds is 4. The Kier molecular flexibility index (Phi) is 4.55. The molecule has 0 bridgehead atoms. The van der Waals surface area contributed by atoms with E-state index < -0.39 is 0 Å². The Morgan fingerprint density at radius 2 is 1.95 bits per heavy atom. The molecular formula is C16H20N2OS. The zero-order valence-corrected chi connectivity index (χ0v) is 13.1. The molecule has 0 aliphatic carbocycles. The minimum atomic E-state index is 0.108. The minimum Gasteiger partial charge on any atom is -0.489 e. The van der Waals surface area contributed by atoms with Crippen molar-refractivity contribution >= 4 is 17.4 Å². The maximum Gasteiger partial charge on any atom is 0.143 e. The molecule has 0 unspecified atom stereocenters. The summed E-state index contributed by atoms with van der Waals surface area (Å²) in [5.74, 6) is 0.731. The van der Waals surface area contributed by atoms with E-state index in [1.807, 2.05) is 39.0 Å². The number of anilines is 1. The van der Waals surface area contributed by atoms with E-state index in [1.54, 1.807) is 11.8 Å². The summed E-state index contributed by atoms with van der Waals surface area (Å²) in [6.07, 6.45) is 0.108. The molecule has 0 saturated carbocycles. The van der Waals surface area contributed by atoms with Crippen molar-refractivity contribution in [3.05, 3.63) is 41.6 Å². The monoisotopic (exact) mass is 288 g/mol. The van der Waals surface area contributed by atoms with Gasteiger partial charge in [-0.3, -0.25) is 0 Å². The minimum absolute atomic E-state index is 0.108. The average Bonchev–Trinajstić information content (AvgIpc) is 2.32. The van der Waals surface area contributed by atoms with E-state index >= 15 is 0 Å². The first-order valence-corrected chi connectivity index (χ1v) is 7.45. The Morgan fingerprint density at radius 1 is 1.20 bits per heavy atom. The molecule has 106 valence electrons. The van der Waals surface area contributed by atoms with E-state index in [9.17, 15) is 0 Å². The Balaban J connectivity index is 2.29. The van der Waals surface area contributed by atoms with Gasteiger partial charge in [-0.15, -0.1) is 0 Å². The van der Waals surface area contributed by atoms with Crippen LogP contribution in [-0.4, -0.2) is 11.1 Å². The zero-order valence-electron chi connectivity index (χ0n) is 12.3. The lowest BCUT2D eigenvalue weighted by molar-refractivity contribution is 0.243. The first-order valence-electron chi connectivity index (χ1n) is 6.64. The van der Waals surface area contributed by atoms with Gasteiger partial charge in [0.1, 0.15) is 10.8 Å². The van der Waals surface area contributed by atoms with Gasteiger partial charge in [-0.2, -0.15) is 0 Å². The van der Waals surface area contributed by atoms with Crippen LogP contribution >= 0.6 is 11.8 Å². The van der Waals surface area contributed by atoms with Crippen LogP contribution in [0.5, 0.6) is 5.75 Å². The fraction of sp³-hybridized carbons (Fsp3) is 0.312. The summed E-state index contributed by atoms with van der Waals surface area (Å²) in [5.41, 5.74) is 9.07. The summed E-state index contributed by atoms with van der Waals surface area (Å²) in [5, 5.41) is 0.955. The number of aromatic nitrogens is 1. The van der Waals surface area contributed by atoms with Crippen LogP contribution in [-0.2, 0) is 0 Å². The highest BCUT2D eigenvalue weighted by Gasteiger charge is 2.10. The largest absolute Gasteiger partial charge is 0.489 e. The van der Waals surface area contributed by atoms with Crippen LogP contribution in [0, 0.1) is 13.8 Å². The molecule has 1 aromatic carbocycles. The molecule has 0 aliphatic heterocycles. The molecule has 0 spiro atoms. The third-order valence-electron chi connectivity index (χ3n) is 2.68. The van der Waals surface area contributed by atoms with Crippen molar-refractivity contribution in [2.24, 2.45) is 0 Å². The normalized spacial score (nSPS) is 10.8. The Morgan fingerprint density at radius 3 is 2.60 bits per heavy atom. The second-order valence-electron chi connectivity index (χ2n) is 5.06. The quantitative estimate of drug-likeness (QED) is 0.856. The molecule has 1 heterocycles. The molecule has 4 heteroatoms. The molecule has 0 saturated heterocycles. The van der Waals surface area contributed by atoms with E-state index in [-0.39, 0.29) is 6.10 Å². The van der Waals surface area contributed by atoms with Crippen molar-refractivity contribution in [1.82, 2.24) is 4.98 Å². The predicted molar refractivity (Wildman–Crippen MR) is 84.5 cm³/mol. The van der Waals surface area contributed by atoms with Gasteiger partial charge in [-0.05, 0) is 57.5 Å². The maximum atomic E-state index is 6.18. The van der Waals surface area contributed by atoms with Gasteiger partial charge in [0.05, 0.1) is 11.8 Å². The number of pyridine rings is 1. The molecule has 2 rings (SSSR count). The predicted octanol–water partition coefficient (Wildman–Crippen LogP) is 4.22. The van der Waals surface area contributed by atoms with Crippen LogP contribution in [0.4, 0.5) is 5.69 Å². The molecule has 20 heavy (non-hydrogen) atoms. The standard InChI is InChI=1S/C16H20N2OS/c1-10(2)19-13-6-5-7-14(16(13)17)20-15-9-11(3)8-12(4)18-15/h5-10H,17H2,1-4H3. The second kappa shape index (κ2) is 6.18. The van der Waals surface area contributed by atoms with Crippen molar-refractivity contribution in [3.8, 4) is 5.75 Å². The van der Waals surface area contributed by atoms with Crippen molar-refractivity contribution in [3.63, 3.8) is 0 Å². The molecule has 3 nitrogen and oxygen atoms in total. The van der Waals surface area contributed by atoms with Gasteiger partial charge in [0.15, 0.2) is 0 Å². The molecular weight excluding hydrogens is 268 g/mol. The first kappa shape index (κ1) is 14.7. The summed E-state index contributed by atoms with van der Waals surface area (Å²) in [4.78, 5) is 5.50. The fourth-order valence-electron chi connectivity index (χ4n) is 1.94. The third kappa shape index (κ3) is 3.67. The van der Waals surface area contributed by atoms with E-state index in [1.165, 1.54) is 5.56 Å². The summed E-state index contributed by atoms with van der Waals surface area (Å²) in [7, 11) is 0. The Bertz CT molecular complexity index is 591. The van der Waals surface area contributed by atoms with Crippen LogP contribution in [0.15, 0.2) is 40.3 Å². The van der Waals surface area contributed by atoms with E-state index in [2.05, 4.69) is 24.0 Å². The highest BCUT2D eigenvalue weighted by Crippen LogP contribution is 2.36. The van der Waals surface area contributed by atoms with Crippen molar-refractivity contribution in [2.75, 3.05) is 5.73 Å². The number of para-hydroxylation sites is 1. The lowest BCUT2D eigenvalue weighted by Gasteiger charge is -2.14. The fourth-order valence-corrected chi connectivity index (χ4v) is 2.96. The number of aryl methyl sites for hydroxylation is 2. The molecule has 0 amide bonds. The summed E-state index contributed by atoms with van der Waals surface area (Å²) < 4.78 is 5.71. The van der Waals surface area contributed by atoms with Crippen LogP contribution in [0.25, 0.3) is 0 Å². The molecule has 2 N–H and O–H groups in total. The first-order chi connectivity index (χ1) is 9.45. The highest BCUT2D eigenvalue weighted by atomic mass is 32.2. The third-order valence-corrected chi connectivity index (χ3v) is 3.67. The highest BCUT2D eigenvalue weighted by molar-refractivity contribution is 7.99. The number of ether oxygens (including phenoxy) is 1. The lowest BCUT2D eigenvalue weighted by atomic mass is 10.3. The van der Waals surface area contributed by atoms with Gasteiger partial charge in [-0.25, -0.2) is 4.98 Å². The van der Waals surface area contributed by atoms with E-state index in [0.717, 1.165) is 21.4 Å². The number of nitrogens with zero attached hydrogens (tertiary/aromatic N) is 1. The smallest absolute Gasteiger partial charge is 0.143 e. The Labute approximate surface area is 124 Å². The molecule has 0 fully saturated rings.